The van der Waals surface area contributed by atoms with Crippen LogP contribution in [-0.2, 0) is 10.0 Å². The Bertz CT molecular complexity index is 1630. The van der Waals surface area contributed by atoms with Gasteiger partial charge in [-0.05, 0) is 68.7 Å². The highest BCUT2D eigenvalue weighted by atomic mass is 35.5. The van der Waals surface area contributed by atoms with E-state index in [4.69, 9.17) is 11.6 Å². The largest absolute Gasteiger partial charge is 0.241 e. The molecule has 6 rings (SSSR count). The van der Waals surface area contributed by atoms with E-state index in [1.54, 1.807) is 16.8 Å². The van der Waals surface area contributed by atoms with E-state index < -0.39 is 16.1 Å². The van der Waals surface area contributed by atoms with Crippen molar-refractivity contribution in [3.8, 4) is 5.69 Å². The Morgan fingerprint density at radius 2 is 1.57 bits per heavy atom. The molecule has 0 spiro atoms. The van der Waals surface area contributed by atoms with Crippen molar-refractivity contribution in [2.75, 3.05) is 0 Å². The van der Waals surface area contributed by atoms with Gasteiger partial charge in [0.15, 0.2) is 0 Å². The summed E-state index contributed by atoms with van der Waals surface area (Å²) in [6.45, 7) is 0. The molecule has 0 radical (unpaired) electrons. The van der Waals surface area contributed by atoms with E-state index in [2.05, 4.69) is 20.2 Å². The second-order valence-corrected chi connectivity index (χ2v) is 11.4. The van der Waals surface area contributed by atoms with Gasteiger partial charge in [0.25, 0.3) is 0 Å². The first-order valence-electron chi connectivity index (χ1n) is 10.8. The van der Waals surface area contributed by atoms with Crippen LogP contribution in [0.5, 0.6) is 0 Å². The lowest BCUT2D eigenvalue weighted by Gasteiger charge is -2.22. The summed E-state index contributed by atoms with van der Waals surface area (Å²) in [6.07, 6.45) is 0. The zero-order chi connectivity index (χ0) is 24.0. The van der Waals surface area contributed by atoms with Crippen LogP contribution >= 0.6 is 23.4 Å². The molecule has 0 aliphatic heterocycles. The number of rotatable bonds is 6. The van der Waals surface area contributed by atoms with Crippen LogP contribution in [-0.4, -0.2) is 28.6 Å². The number of hydrogen-bond acceptors (Lipinski definition) is 6. The molecule has 0 unspecified atom stereocenters. The third-order valence-corrected chi connectivity index (χ3v) is 8.95. The molecule has 1 N–H and O–H groups in total. The number of nitrogens with zero attached hydrogens (tertiary/aromatic N) is 4. The molecule has 0 bridgehead atoms. The second-order valence-electron chi connectivity index (χ2n) is 8.09. The maximum absolute atomic E-state index is 13.4. The van der Waals surface area contributed by atoms with E-state index in [1.165, 1.54) is 23.9 Å². The molecule has 7 nitrogen and oxygen atoms in total. The molecular weight excluding hydrogens is 502 g/mol. The molecule has 0 amide bonds. The third-order valence-electron chi connectivity index (χ3n) is 5.99. The molecule has 0 fully saturated rings. The van der Waals surface area contributed by atoms with Gasteiger partial charge in [0.1, 0.15) is 0 Å². The minimum atomic E-state index is -3.83. The Balaban J connectivity index is 1.43. The first-order valence-corrected chi connectivity index (χ1v) is 13.6. The van der Waals surface area contributed by atoms with Gasteiger partial charge in [-0.1, -0.05) is 78.0 Å². The van der Waals surface area contributed by atoms with Crippen molar-refractivity contribution in [1.29, 1.82) is 0 Å². The molecule has 1 aliphatic carbocycles. The Morgan fingerprint density at radius 1 is 0.857 bits per heavy atom. The minimum Gasteiger partial charge on any atom is -0.207 e. The Morgan fingerprint density at radius 3 is 2.31 bits per heavy atom. The highest BCUT2D eigenvalue weighted by Gasteiger charge is 2.39. The highest BCUT2D eigenvalue weighted by molar-refractivity contribution is 7.99. The number of para-hydroxylation sites is 1. The average Bonchev–Trinajstić information content (AvgIpc) is 3.45. The fourth-order valence-corrected chi connectivity index (χ4v) is 7.11. The summed E-state index contributed by atoms with van der Waals surface area (Å²) >= 11 is 7.41. The third kappa shape index (κ3) is 4.00. The average molecular weight is 520 g/mol. The van der Waals surface area contributed by atoms with Crippen LogP contribution in [0, 0.1) is 0 Å². The van der Waals surface area contributed by atoms with Crippen LogP contribution in [0.4, 0.5) is 0 Å². The van der Waals surface area contributed by atoms with E-state index in [-0.39, 0.29) is 10.1 Å². The van der Waals surface area contributed by atoms with Crippen molar-refractivity contribution in [3.63, 3.8) is 0 Å². The number of thioether (sulfide) groups is 1. The maximum Gasteiger partial charge on any atom is 0.241 e. The molecule has 5 aromatic rings. The number of aromatic nitrogens is 4. The van der Waals surface area contributed by atoms with E-state index in [0.29, 0.717) is 10.2 Å². The standard InChI is InChI=1S/C25H18ClN5O2S2/c26-17-12-14-19(15-13-17)35(32,33)28-23-20-10-4-6-16-7-5-11-21(22(16)20)24(23)34-25-27-29-30-31(25)18-8-2-1-3-9-18/h1-15,23-24,28H/t23-,24+/m0/s1. The lowest BCUT2D eigenvalue weighted by molar-refractivity contribution is 0.557. The summed E-state index contributed by atoms with van der Waals surface area (Å²) in [4.78, 5) is 0.155. The molecule has 1 aliphatic rings. The number of hydrogen-bond donors (Lipinski definition) is 1. The fourth-order valence-electron chi connectivity index (χ4n) is 4.44. The number of tetrazole rings is 1. The van der Waals surface area contributed by atoms with Gasteiger partial charge in [0, 0.05) is 5.02 Å². The first kappa shape index (κ1) is 22.2. The summed E-state index contributed by atoms with van der Waals surface area (Å²) in [5.41, 5.74) is 2.79. The second kappa shape index (κ2) is 8.76. The molecule has 4 aromatic carbocycles. The van der Waals surface area contributed by atoms with Crippen LogP contribution in [0.25, 0.3) is 16.5 Å². The Kier molecular flexibility index (Phi) is 5.57. The van der Waals surface area contributed by atoms with E-state index >= 15 is 0 Å². The number of nitrogens with one attached hydrogen (secondary N) is 1. The summed E-state index contributed by atoms with van der Waals surface area (Å²) < 4.78 is 31.4. The van der Waals surface area contributed by atoms with Gasteiger partial charge < -0.3 is 0 Å². The summed E-state index contributed by atoms with van der Waals surface area (Å²) in [5, 5.41) is 15.2. The molecule has 2 atom stereocenters. The van der Waals surface area contributed by atoms with Gasteiger partial charge in [0.2, 0.25) is 15.2 Å². The SMILES string of the molecule is O=S(=O)(N[C@H]1c2cccc3cccc(c23)[C@H]1Sc1nnnn1-c1ccccc1)c1ccc(Cl)cc1. The van der Waals surface area contributed by atoms with Crippen LogP contribution in [0.2, 0.25) is 5.02 Å². The van der Waals surface area contributed by atoms with Crippen LogP contribution < -0.4 is 4.72 Å². The van der Waals surface area contributed by atoms with Crippen molar-refractivity contribution in [3.05, 3.63) is 107 Å². The molecule has 0 saturated carbocycles. The highest BCUT2D eigenvalue weighted by Crippen LogP contribution is 2.53. The van der Waals surface area contributed by atoms with E-state index in [0.717, 1.165) is 27.6 Å². The predicted octanol–water partition coefficient (Wildman–Crippen LogP) is 5.34. The van der Waals surface area contributed by atoms with Crippen molar-refractivity contribution in [2.45, 2.75) is 21.3 Å². The summed E-state index contributed by atoms with van der Waals surface area (Å²) in [5.74, 6) is 0. The van der Waals surface area contributed by atoms with E-state index in [1.807, 2.05) is 66.7 Å². The van der Waals surface area contributed by atoms with E-state index in [9.17, 15) is 8.42 Å². The summed E-state index contributed by atoms with van der Waals surface area (Å²) in [7, 11) is -3.83. The smallest absolute Gasteiger partial charge is 0.207 e. The van der Waals surface area contributed by atoms with Gasteiger partial charge in [-0.25, -0.2) is 13.1 Å². The lowest BCUT2D eigenvalue weighted by atomic mass is 10.1. The Hall–Kier alpha value is -3.24. The topological polar surface area (TPSA) is 89.8 Å². The molecule has 1 aromatic heterocycles. The van der Waals surface area contributed by atoms with Gasteiger partial charge in [0.05, 0.1) is 21.9 Å². The van der Waals surface area contributed by atoms with Crippen LogP contribution in [0.15, 0.2) is 101 Å². The maximum atomic E-state index is 13.4. The number of benzene rings is 4. The van der Waals surface area contributed by atoms with Crippen LogP contribution in [0.1, 0.15) is 22.4 Å². The monoisotopic (exact) mass is 519 g/mol. The van der Waals surface area contributed by atoms with Crippen molar-refractivity contribution >= 4 is 44.2 Å². The Labute approximate surface area is 211 Å². The van der Waals surface area contributed by atoms with Crippen LogP contribution in [0.3, 0.4) is 0 Å². The molecular formula is C25H18ClN5O2S2. The quantitative estimate of drug-likeness (QED) is 0.326. The van der Waals surface area contributed by atoms with Gasteiger partial charge in [-0.3, -0.25) is 0 Å². The zero-order valence-corrected chi connectivity index (χ0v) is 20.5. The van der Waals surface area contributed by atoms with Gasteiger partial charge >= 0.3 is 0 Å². The number of halogens is 1. The summed E-state index contributed by atoms with van der Waals surface area (Å²) in [6, 6.07) is 27.3. The minimum absolute atomic E-state index is 0.155. The first-order chi connectivity index (χ1) is 17.0. The molecule has 0 saturated heterocycles. The molecule has 35 heavy (non-hydrogen) atoms. The lowest BCUT2D eigenvalue weighted by Crippen LogP contribution is -2.30. The van der Waals surface area contributed by atoms with Gasteiger partial charge in [-0.15, -0.1) is 5.10 Å². The fraction of sp³-hybridized carbons (Fsp3) is 0.0800. The zero-order valence-electron chi connectivity index (χ0n) is 18.1. The normalized spacial score (nSPS) is 17.2. The molecule has 1 heterocycles. The van der Waals surface area contributed by atoms with Crippen molar-refractivity contribution in [2.24, 2.45) is 0 Å². The molecule has 174 valence electrons. The van der Waals surface area contributed by atoms with Crippen molar-refractivity contribution < 1.29 is 8.42 Å². The predicted molar refractivity (Wildman–Crippen MR) is 136 cm³/mol. The number of sulfonamides is 1. The van der Waals surface area contributed by atoms with Crippen molar-refractivity contribution in [1.82, 2.24) is 24.9 Å². The molecule has 10 heteroatoms. The van der Waals surface area contributed by atoms with Gasteiger partial charge in [-0.2, -0.15) is 4.68 Å².